The van der Waals surface area contributed by atoms with Crippen LogP contribution in [-0.2, 0) is 6.54 Å². The van der Waals surface area contributed by atoms with Crippen LogP contribution in [0.25, 0.3) is 0 Å². The SMILES string of the molecule is COc1cc(C(=O)NCc2cnc(Cl)s2)c([N+](=O)[O-])cc1F. The highest BCUT2D eigenvalue weighted by molar-refractivity contribution is 7.15. The highest BCUT2D eigenvalue weighted by Gasteiger charge is 2.24. The van der Waals surface area contributed by atoms with Crippen LogP contribution in [0.5, 0.6) is 5.75 Å². The molecule has 2 rings (SSSR count). The molecule has 1 N–H and O–H groups in total. The molecule has 0 saturated heterocycles. The Labute approximate surface area is 132 Å². The molecule has 1 aromatic heterocycles. The first-order chi connectivity index (χ1) is 10.4. The van der Waals surface area contributed by atoms with Crippen molar-refractivity contribution in [2.24, 2.45) is 0 Å². The van der Waals surface area contributed by atoms with Gasteiger partial charge in [-0.25, -0.2) is 9.37 Å². The number of carbonyl (C=O) groups excluding carboxylic acids is 1. The Bertz CT molecular complexity index is 737. The van der Waals surface area contributed by atoms with Crippen molar-refractivity contribution in [3.05, 3.63) is 49.2 Å². The van der Waals surface area contributed by atoms with Gasteiger partial charge in [-0.15, -0.1) is 11.3 Å². The number of ether oxygens (including phenoxy) is 1. The van der Waals surface area contributed by atoms with Crippen molar-refractivity contribution in [1.29, 1.82) is 0 Å². The van der Waals surface area contributed by atoms with Crippen LogP contribution in [0, 0.1) is 15.9 Å². The molecule has 0 saturated carbocycles. The van der Waals surface area contributed by atoms with Gasteiger partial charge in [-0.2, -0.15) is 0 Å². The molecular weight excluding hydrogens is 337 g/mol. The van der Waals surface area contributed by atoms with Crippen LogP contribution in [-0.4, -0.2) is 22.9 Å². The zero-order chi connectivity index (χ0) is 16.3. The standard InChI is InChI=1S/C12H9ClFN3O4S/c1-21-10-2-7(9(17(19)20)3-8(10)14)11(18)15-4-6-5-16-12(13)22-6/h2-3,5H,4H2,1H3,(H,15,18). The van der Waals surface area contributed by atoms with Crippen molar-refractivity contribution < 1.29 is 18.8 Å². The van der Waals surface area contributed by atoms with Crippen LogP contribution in [0.2, 0.25) is 4.47 Å². The predicted molar refractivity (Wildman–Crippen MR) is 77.9 cm³/mol. The predicted octanol–water partition coefficient (Wildman–Crippen LogP) is 2.78. The van der Waals surface area contributed by atoms with E-state index in [0.717, 1.165) is 6.07 Å². The molecule has 10 heteroatoms. The molecule has 1 heterocycles. The summed E-state index contributed by atoms with van der Waals surface area (Å²) in [5, 5.41) is 13.4. The molecule has 2 aromatic rings. The number of benzene rings is 1. The van der Waals surface area contributed by atoms with Gasteiger partial charge in [-0.05, 0) is 0 Å². The van der Waals surface area contributed by atoms with Crippen molar-refractivity contribution in [2.75, 3.05) is 7.11 Å². The summed E-state index contributed by atoms with van der Waals surface area (Å²) in [4.78, 5) is 26.7. The summed E-state index contributed by atoms with van der Waals surface area (Å²) in [6, 6.07) is 1.64. The Morgan fingerprint density at radius 1 is 1.59 bits per heavy atom. The van der Waals surface area contributed by atoms with Crippen LogP contribution in [0.4, 0.5) is 10.1 Å². The number of nitrogens with zero attached hydrogens (tertiary/aromatic N) is 2. The summed E-state index contributed by atoms with van der Waals surface area (Å²) in [5.74, 6) is -1.90. The van der Waals surface area contributed by atoms with E-state index in [4.69, 9.17) is 16.3 Å². The maximum atomic E-state index is 13.5. The third-order valence-electron chi connectivity index (χ3n) is 2.66. The lowest BCUT2D eigenvalue weighted by Crippen LogP contribution is -2.23. The third-order valence-corrected chi connectivity index (χ3v) is 3.77. The number of rotatable bonds is 5. The Hall–Kier alpha value is -2.26. The van der Waals surface area contributed by atoms with E-state index in [1.807, 2.05) is 0 Å². The summed E-state index contributed by atoms with van der Waals surface area (Å²) in [5.41, 5.74) is -0.933. The minimum absolute atomic E-state index is 0.0973. The van der Waals surface area contributed by atoms with Gasteiger partial charge >= 0.3 is 0 Å². The minimum Gasteiger partial charge on any atom is -0.494 e. The van der Waals surface area contributed by atoms with E-state index >= 15 is 0 Å². The van der Waals surface area contributed by atoms with Gasteiger partial charge in [0.15, 0.2) is 16.0 Å². The van der Waals surface area contributed by atoms with Gasteiger partial charge in [0, 0.05) is 17.1 Å². The van der Waals surface area contributed by atoms with E-state index in [1.165, 1.54) is 24.6 Å². The lowest BCUT2D eigenvalue weighted by atomic mass is 10.1. The molecule has 0 unspecified atom stereocenters. The van der Waals surface area contributed by atoms with Gasteiger partial charge in [-0.3, -0.25) is 14.9 Å². The highest BCUT2D eigenvalue weighted by Crippen LogP contribution is 2.27. The first kappa shape index (κ1) is 16.1. The molecule has 0 bridgehead atoms. The van der Waals surface area contributed by atoms with Gasteiger partial charge in [0.25, 0.3) is 11.6 Å². The van der Waals surface area contributed by atoms with Crippen LogP contribution >= 0.6 is 22.9 Å². The molecule has 116 valence electrons. The van der Waals surface area contributed by atoms with Gasteiger partial charge in [0.2, 0.25) is 0 Å². The maximum Gasteiger partial charge on any atom is 0.285 e. The fourth-order valence-corrected chi connectivity index (χ4v) is 2.58. The number of methoxy groups -OCH3 is 1. The topological polar surface area (TPSA) is 94.4 Å². The normalized spacial score (nSPS) is 10.3. The molecule has 22 heavy (non-hydrogen) atoms. The molecule has 0 fully saturated rings. The summed E-state index contributed by atoms with van der Waals surface area (Å²) < 4.78 is 18.6. The Morgan fingerprint density at radius 2 is 2.32 bits per heavy atom. The molecule has 0 atom stereocenters. The molecule has 1 amide bonds. The molecule has 1 aromatic carbocycles. The Morgan fingerprint density at radius 3 is 2.86 bits per heavy atom. The molecule has 0 spiro atoms. The maximum absolute atomic E-state index is 13.5. The van der Waals surface area contributed by atoms with Crippen LogP contribution in [0.15, 0.2) is 18.3 Å². The van der Waals surface area contributed by atoms with Gasteiger partial charge in [0.05, 0.1) is 24.6 Å². The quantitative estimate of drug-likeness (QED) is 0.664. The second kappa shape index (κ2) is 6.67. The van der Waals surface area contributed by atoms with Crippen LogP contribution < -0.4 is 10.1 Å². The lowest BCUT2D eigenvalue weighted by molar-refractivity contribution is -0.385. The number of aromatic nitrogens is 1. The van der Waals surface area contributed by atoms with E-state index in [1.54, 1.807) is 0 Å². The molecule has 0 aliphatic heterocycles. The fourth-order valence-electron chi connectivity index (χ4n) is 1.66. The van der Waals surface area contributed by atoms with Gasteiger partial charge < -0.3 is 10.1 Å². The average molecular weight is 346 g/mol. The van der Waals surface area contributed by atoms with E-state index in [0.29, 0.717) is 15.4 Å². The second-order valence-corrected chi connectivity index (χ2v) is 5.72. The largest absolute Gasteiger partial charge is 0.494 e. The lowest BCUT2D eigenvalue weighted by Gasteiger charge is -2.07. The monoisotopic (exact) mass is 345 g/mol. The van der Waals surface area contributed by atoms with E-state index < -0.39 is 22.3 Å². The smallest absolute Gasteiger partial charge is 0.285 e. The number of nitro benzene ring substituents is 1. The Kier molecular flexibility index (Phi) is 4.88. The number of nitro groups is 1. The van der Waals surface area contributed by atoms with Crippen molar-refractivity contribution >= 4 is 34.5 Å². The fraction of sp³-hybridized carbons (Fsp3) is 0.167. The summed E-state index contributed by atoms with van der Waals surface area (Å²) >= 11 is 6.83. The third kappa shape index (κ3) is 3.49. The molecule has 0 radical (unpaired) electrons. The number of thiazole rings is 1. The van der Waals surface area contributed by atoms with Gasteiger partial charge in [-0.1, -0.05) is 11.6 Å². The van der Waals surface area contributed by atoms with Crippen molar-refractivity contribution in [2.45, 2.75) is 6.54 Å². The summed E-state index contributed by atoms with van der Waals surface area (Å²) in [7, 11) is 1.20. The van der Waals surface area contributed by atoms with Crippen molar-refractivity contribution in [3.63, 3.8) is 0 Å². The molecule has 0 aliphatic rings. The molecule has 7 nitrogen and oxygen atoms in total. The molecular formula is C12H9ClFN3O4S. The number of nitrogens with one attached hydrogen (secondary N) is 1. The van der Waals surface area contributed by atoms with E-state index in [9.17, 15) is 19.3 Å². The van der Waals surface area contributed by atoms with Crippen molar-refractivity contribution in [3.8, 4) is 5.75 Å². The highest BCUT2D eigenvalue weighted by atomic mass is 35.5. The Balaban J connectivity index is 2.25. The first-order valence-corrected chi connectivity index (χ1v) is 7.02. The van der Waals surface area contributed by atoms with Gasteiger partial charge in [0.1, 0.15) is 5.56 Å². The number of halogens is 2. The second-order valence-electron chi connectivity index (χ2n) is 4.02. The zero-order valence-electron chi connectivity index (χ0n) is 11.1. The number of amides is 1. The number of hydrogen-bond acceptors (Lipinski definition) is 6. The molecule has 0 aliphatic carbocycles. The number of carbonyl (C=O) groups is 1. The average Bonchev–Trinajstić information content (AvgIpc) is 2.90. The van der Waals surface area contributed by atoms with Crippen LogP contribution in [0.1, 0.15) is 15.2 Å². The summed E-state index contributed by atoms with van der Waals surface area (Å²) in [6.07, 6.45) is 1.48. The first-order valence-electron chi connectivity index (χ1n) is 5.82. The number of hydrogen-bond donors (Lipinski definition) is 1. The van der Waals surface area contributed by atoms with E-state index in [-0.39, 0.29) is 17.9 Å². The van der Waals surface area contributed by atoms with Crippen molar-refractivity contribution in [1.82, 2.24) is 10.3 Å². The minimum atomic E-state index is -0.917. The van der Waals surface area contributed by atoms with E-state index in [2.05, 4.69) is 10.3 Å². The summed E-state index contributed by atoms with van der Waals surface area (Å²) in [6.45, 7) is 0.0973. The zero-order valence-corrected chi connectivity index (χ0v) is 12.7. The van der Waals surface area contributed by atoms with Crippen LogP contribution in [0.3, 0.4) is 0 Å².